The molecule has 31 heavy (non-hydrogen) atoms. The van der Waals surface area contributed by atoms with Crippen molar-refractivity contribution in [3.8, 4) is 11.5 Å². The second-order valence-electron chi connectivity index (χ2n) is 7.24. The first-order chi connectivity index (χ1) is 14.6. The lowest BCUT2D eigenvalue weighted by Crippen LogP contribution is -2.43. The summed E-state index contributed by atoms with van der Waals surface area (Å²) in [5, 5.41) is 3.08. The Hall–Kier alpha value is -2.45. The predicted molar refractivity (Wildman–Crippen MR) is 123 cm³/mol. The highest BCUT2D eigenvalue weighted by Gasteiger charge is 2.31. The minimum atomic E-state index is -4.15. The largest absolute Gasteiger partial charge is 0.495 e. The minimum absolute atomic E-state index is 0.0312. The van der Waals surface area contributed by atoms with Crippen LogP contribution in [0.2, 0.25) is 5.02 Å². The molecule has 2 aromatic rings. The van der Waals surface area contributed by atoms with Gasteiger partial charge in [0.05, 0.1) is 24.9 Å². The molecule has 7 nitrogen and oxygen atoms in total. The van der Waals surface area contributed by atoms with Crippen LogP contribution in [0.4, 0.5) is 5.69 Å². The first kappa shape index (κ1) is 24.8. The van der Waals surface area contributed by atoms with E-state index in [4.69, 9.17) is 21.1 Å². The van der Waals surface area contributed by atoms with E-state index in [2.05, 4.69) is 5.32 Å². The van der Waals surface area contributed by atoms with E-state index >= 15 is 0 Å². The van der Waals surface area contributed by atoms with Gasteiger partial charge < -0.3 is 14.8 Å². The Balaban J connectivity index is 2.55. The number of nitrogens with zero attached hydrogens (tertiary/aromatic N) is 1. The molecule has 1 atom stereocenters. The topological polar surface area (TPSA) is 84.9 Å². The van der Waals surface area contributed by atoms with E-state index in [0.29, 0.717) is 5.75 Å². The van der Waals surface area contributed by atoms with Gasteiger partial charge in [-0.2, -0.15) is 0 Å². The van der Waals surface area contributed by atoms with E-state index in [1.165, 1.54) is 26.4 Å². The van der Waals surface area contributed by atoms with Gasteiger partial charge in [0, 0.05) is 6.04 Å². The summed E-state index contributed by atoms with van der Waals surface area (Å²) in [6, 6.07) is 9.36. The molecule has 0 aliphatic rings. The number of benzene rings is 2. The summed E-state index contributed by atoms with van der Waals surface area (Å²) in [4.78, 5) is 12.7. The fourth-order valence-corrected chi connectivity index (χ4v) is 5.09. The van der Waals surface area contributed by atoms with Gasteiger partial charge >= 0.3 is 0 Å². The third-order valence-electron chi connectivity index (χ3n) is 4.73. The number of sulfonamides is 1. The van der Waals surface area contributed by atoms with Crippen molar-refractivity contribution in [2.24, 2.45) is 0 Å². The van der Waals surface area contributed by atoms with Crippen molar-refractivity contribution in [2.75, 3.05) is 25.1 Å². The molecule has 1 amide bonds. The summed E-state index contributed by atoms with van der Waals surface area (Å²) in [6.07, 6.45) is 1.69. The molecule has 170 valence electrons. The lowest BCUT2D eigenvalue weighted by atomic mass is 10.2. The zero-order valence-corrected chi connectivity index (χ0v) is 20.0. The fraction of sp³-hybridized carbons (Fsp3) is 0.409. The van der Waals surface area contributed by atoms with Crippen LogP contribution in [-0.4, -0.2) is 41.1 Å². The highest BCUT2D eigenvalue weighted by molar-refractivity contribution is 7.93. The summed E-state index contributed by atoms with van der Waals surface area (Å²) in [7, 11) is -1.28. The SMILES string of the molecule is CCC[C@H](C)NC(=O)CN(c1ccc(OC)c(Cl)c1)S(=O)(=O)c1cc(C)ccc1OC. The number of methoxy groups -OCH3 is 2. The van der Waals surface area contributed by atoms with Crippen LogP contribution < -0.4 is 19.1 Å². The van der Waals surface area contributed by atoms with E-state index in [9.17, 15) is 13.2 Å². The molecule has 0 spiro atoms. The molecule has 0 saturated heterocycles. The number of ether oxygens (including phenoxy) is 2. The molecular formula is C22H29ClN2O5S. The number of carbonyl (C=O) groups excluding carboxylic acids is 1. The normalized spacial score (nSPS) is 12.2. The maximum Gasteiger partial charge on any atom is 0.268 e. The molecule has 0 heterocycles. The highest BCUT2D eigenvalue weighted by Crippen LogP contribution is 2.34. The van der Waals surface area contributed by atoms with Crippen LogP contribution in [0.25, 0.3) is 0 Å². The summed E-state index contributed by atoms with van der Waals surface area (Å²) in [5.41, 5.74) is 0.987. The maximum absolute atomic E-state index is 13.7. The third kappa shape index (κ3) is 6.04. The lowest BCUT2D eigenvalue weighted by molar-refractivity contribution is -0.120. The monoisotopic (exact) mass is 468 g/mol. The zero-order chi connectivity index (χ0) is 23.2. The van der Waals surface area contributed by atoms with Crippen molar-refractivity contribution < 1.29 is 22.7 Å². The average Bonchev–Trinajstić information content (AvgIpc) is 2.72. The maximum atomic E-state index is 13.7. The van der Waals surface area contributed by atoms with Crippen molar-refractivity contribution in [2.45, 2.75) is 44.6 Å². The molecule has 0 fully saturated rings. The first-order valence-corrected chi connectivity index (χ1v) is 11.8. The van der Waals surface area contributed by atoms with Gasteiger partial charge in [-0.3, -0.25) is 9.10 Å². The Bertz CT molecular complexity index is 1030. The van der Waals surface area contributed by atoms with Gasteiger partial charge in [-0.15, -0.1) is 0 Å². The molecule has 0 aliphatic carbocycles. The number of hydrogen-bond acceptors (Lipinski definition) is 5. The van der Waals surface area contributed by atoms with Gasteiger partial charge in [-0.1, -0.05) is 31.0 Å². The average molecular weight is 469 g/mol. The molecule has 0 radical (unpaired) electrons. The van der Waals surface area contributed by atoms with E-state index in [1.54, 1.807) is 31.2 Å². The Morgan fingerprint density at radius 3 is 2.35 bits per heavy atom. The third-order valence-corrected chi connectivity index (χ3v) is 6.82. The summed E-state index contributed by atoms with van der Waals surface area (Å²) in [6.45, 7) is 5.28. The molecule has 0 aliphatic heterocycles. The van der Waals surface area contributed by atoms with Crippen molar-refractivity contribution >= 4 is 33.2 Å². The van der Waals surface area contributed by atoms with Crippen molar-refractivity contribution in [1.82, 2.24) is 5.32 Å². The molecule has 2 aromatic carbocycles. The summed E-state index contributed by atoms with van der Waals surface area (Å²) >= 11 is 6.24. The number of hydrogen-bond donors (Lipinski definition) is 1. The van der Waals surface area contributed by atoms with Crippen molar-refractivity contribution in [3.63, 3.8) is 0 Å². The van der Waals surface area contributed by atoms with Crippen LogP contribution in [0.1, 0.15) is 32.3 Å². The Morgan fingerprint density at radius 1 is 1.13 bits per heavy atom. The quantitative estimate of drug-likeness (QED) is 0.565. The van der Waals surface area contributed by atoms with Crippen LogP contribution in [-0.2, 0) is 14.8 Å². The van der Waals surface area contributed by atoms with E-state index in [-0.39, 0.29) is 27.4 Å². The number of amides is 1. The van der Waals surface area contributed by atoms with Gasteiger partial charge in [0.25, 0.3) is 10.0 Å². The smallest absolute Gasteiger partial charge is 0.268 e. The molecular weight excluding hydrogens is 440 g/mol. The van der Waals surface area contributed by atoms with Crippen LogP contribution in [0.15, 0.2) is 41.3 Å². The fourth-order valence-electron chi connectivity index (χ4n) is 3.19. The number of nitrogens with one attached hydrogen (secondary N) is 1. The minimum Gasteiger partial charge on any atom is -0.495 e. The van der Waals surface area contributed by atoms with Gasteiger partial charge in [0.2, 0.25) is 5.91 Å². The van der Waals surface area contributed by atoms with Crippen LogP contribution >= 0.6 is 11.6 Å². The van der Waals surface area contributed by atoms with Gasteiger partial charge in [0.15, 0.2) is 0 Å². The molecule has 1 N–H and O–H groups in total. The van der Waals surface area contributed by atoms with E-state index in [1.807, 2.05) is 13.8 Å². The van der Waals surface area contributed by atoms with Gasteiger partial charge in [-0.25, -0.2) is 8.42 Å². The second kappa shape index (κ2) is 10.7. The summed E-state index contributed by atoms with van der Waals surface area (Å²) in [5.74, 6) is 0.176. The van der Waals surface area contributed by atoms with Gasteiger partial charge in [-0.05, 0) is 56.2 Å². The number of anilines is 1. The van der Waals surface area contributed by atoms with Crippen LogP contribution in [0.5, 0.6) is 11.5 Å². The molecule has 0 bridgehead atoms. The Labute approximate surface area is 189 Å². The molecule has 2 rings (SSSR count). The lowest BCUT2D eigenvalue weighted by Gasteiger charge is -2.26. The molecule has 9 heteroatoms. The molecule has 0 aromatic heterocycles. The first-order valence-electron chi connectivity index (χ1n) is 9.94. The summed E-state index contributed by atoms with van der Waals surface area (Å²) < 4.78 is 38.8. The Morgan fingerprint density at radius 2 is 1.77 bits per heavy atom. The van der Waals surface area contributed by atoms with Crippen molar-refractivity contribution in [3.05, 3.63) is 47.0 Å². The predicted octanol–water partition coefficient (Wildman–Crippen LogP) is 4.17. The van der Waals surface area contributed by atoms with Crippen LogP contribution in [0.3, 0.4) is 0 Å². The number of halogens is 1. The zero-order valence-electron chi connectivity index (χ0n) is 18.4. The van der Waals surface area contributed by atoms with Gasteiger partial charge in [0.1, 0.15) is 22.9 Å². The highest BCUT2D eigenvalue weighted by atomic mass is 35.5. The van der Waals surface area contributed by atoms with E-state index in [0.717, 1.165) is 22.7 Å². The van der Waals surface area contributed by atoms with Crippen molar-refractivity contribution in [1.29, 1.82) is 0 Å². The molecule has 0 saturated carbocycles. The molecule has 0 unspecified atom stereocenters. The number of carbonyl (C=O) groups is 1. The Kier molecular flexibility index (Phi) is 8.59. The second-order valence-corrected chi connectivity index (χ2v) is 9.48. The number of rotatable bonds is 10. The van der Waals surface area contributed by atoms with Crippen LogP contribution in [0, 0.1) is 6.92 Å². The standard InChI is InChI=1S/C22H29ClN2O5S/c1-6-7-16(3)24-22(26)14-25(17-9-11-19(29-4)18(23)13-17)31(27,28)21-12-15(2)8-10-20(21)30-5/h8-13,16H,6-7,14H2,1-5H3,(H,24,26)/t16-/m0/s1. The van der Waals surface area contributed by atoms with E-state index < -0.39 is 22.5 Å². The number of aryl methyl sites for hydroxylation is 1.